The molecule has 0 aliphatic rings. The highest BCUT2D eigenvalue weighted by molar-refractivity contribution is 5.93. The number of aromatic nitrogens is 2. The van der Waals surface area contributed by atoms with E-state index >= 15 is 0 Å². The third kappa shape index (κ3) is 5.06. The van der Waals surface area contributed by atoms with Crippen LogP contribution in [-0.4, -0.2) is 34.4 Å². The Kier molecular flexibility index (Phi) is 6.09. The molecule has 2 rings (SSSR count). The van der Waals surface area contributed by atoms with Crippen molar-refractivity contribution >= 4 is 11.9 Å². The molecule has 0 fully saturated rings. The summed E-state index contributed by atoms with van der Waals surface area (Å²) in [7, 11) is 1.81. The summed E-state index contributed by atoms with van der Waals surface area (Å²) in [6.07, 6.45) is 5.22. The largest absolute Gasteiger partial charge is 0.350 e. The number of nitrogens with one attached hydrogen (secondary N) is 1. The van der Waals surface area contributed by atoms with Crippen molar-refractivity contribution in [3.8, 4) is 0 Å². The molecule has 0 radical (unpaired) electrons. The molecule has 0 spiro atoms. The van der Waals surface area contributed by atoms with E-state index < -0.39 is 0 Å². The van der Waals surface area contributed by atoms with Crippen LogP contribution in [0.25, 0.3) is 0 Å². The highest BCUT2D eigenvalue weighted by Gasteiger charge is 2.12. The number of benzene rings is 1. The molecule has 0 saturated carbocycles. The summed E-state index contributed by atoms with van der Waals surface area (Å²) in [5.41, 5.74) is 2.92. The van der Waals surface area contributed by atoms with Crippen molar-refractivity contribution in [2.75, 3.05) is 18.9 Å². The Labute approximate surface area is 137 Å². The number of unbranched alkanes of at least 4 members (excludes halogenated alkanes) is 1. The quantitative estimate of drug-likeness (QED) is 0.852. The molecular formula is C18H24N4O. The van der Waals surface area contributed by atoms with Gasteiger partial charge in [-0.25, -0.2) is 9.97 Å². The van der Waals surface area contributed by atoms with Crippen LogP contribution in [0.4, 0.5) is 5.95 Å². The summed E-state index contributed by atoms with van der Waals surface area (Å²) in [6.45, 7) is 5.58. The van der Waals surface area contributed by atoms with Gasteiger partial charge in [-0.05, 0) is 18.9 Å². The van der Waals surface area contributed by atoms with Crippen LogP contribution in [0.5, 0.6) is 0 Å². The average Bonchev–Trinajstić information content (AvgIpc) is 2.57. The van der Waals surface area contributed by atoms with Gasteiger partial charge in [-0.15, -0.1) is 0 Å². The molecule has 23 heavy (non-hydrogen) atoms. The van der Waals surface area contributed by atoms with Gasteiger partial charge in [-0.3, -0.25) is 4.79 Å². The van der Waals surface area contributed by atoms with Gasteiger partial charge in [-0.2, -0.15) is 0 Å². The van der Waals surface area contributed by atoms with Crippen LogP contribution >= 0.6 is 0 Å². The van der Waals surface area contributed by atoms with E-state index in [1.54, 1.807) is 17.3 Å². The van der Waals surface area contributed by atoms with E-state index in [0.29, 0.717) is 18.1 Å². The number of amides is 1. The Hall–Kier alpha value is -2.43. The Morgan fingerprint density at radius 3 is 2.65 bits per heavy atom. The fourth-order valence-corrected chi connectivity index (χ4v) is 2.25. The van der Waals surface area contributed by atoms with Crippen LogP contribution in [0, 0.1) is 6.92 Å². The van der Waals surface area contributed by atoms with Gasteiger partial charge < -0.3 is 10.2 Å². The summed E-state index contributed by atoms with van der Waals surface area (Å²) in [5, 5.41) is 3.17. The minimum absolute atomic E-state index is 0.0383. The van der Waals surface area contributed by atoms with Gasteiger partial charge in [0.15, 0.2) is 0 Å². The maximum atomic E-state index is 12.2. The summed E-state index contributed by atoms with van der Waals surface area (Å²) in [5.74, 6) is 0.489. The Morgan fingerprint density at radius 2 is 2.00 bits per heavy atom. The number of hydrogen-bond acceptors (Lipinski definition) is 4. The zero-order chi connectivity index (χ0) is 16.7. The molecule has 0 unspecified atom stereocenters. The smallest absolute Gasteiger partial charge is 0.256 e. The molecular weight excluding hydrogens is 288 g/mol. The first-order valence-electron chi connectivity index (χ1n) is 7.97. The molecule has 1 N–H and O–H groups in total. The van der Waals surface area contributed by atoms with Gasteiger partial charge in [0.25, 0.3) is 5.91 Å². The third-order valence-electron chi connectivity index (χ3n) is 3.63. The fraction of sp³-hybridized carbons (Fsp3) is 0.389. The second kappa shape index (κ2) is 8.27. The summed E-state index contributed by atoms with van der Waals surface area (Å²) in [6, 6.07) is 8.27. The molecule has 1 aromatic carbocycles. The zero-order valence-electron chi connectivity index (χ0n) is 14.0. The van der Waals surface area contributed by atoms with Crippen LogP contribution in [0.3, 0.4) is 0 Å². The van der Waals surface area contributed by atoms with E-state index in [9.17, 15) is 4.79 Å². The maximum absolute atomic E-state index is 12.2. The molecule has 1 aromatic heterocycles. The molecule has 5 nitrogen and oxygen atoms in total. The lowest BCUT2D eigenvalue weighted by molar-refractivity contribution is 0.0792. The van der Waals surface area contributed by atoms with Gasteiger partial charge in [0.2, 0.25) is 5.95 Å². The van der Waals surface area contributed by atoms with Crippen molar-refractivity contribution < 1.29 is 4.79 Å². The van der Waals surface area contributed by atoms with E-state index in [1.165, 1.54) is 11.1 Å². The predicted molar refractivity (Wildman–Crippen MR) is 92.4 cm³/mol. The van der Waals surface area contributed by atoms with Crippen LogP contribution in [0.2, 0.25) is 0 Å². The molecule has 0 aliphatic heterocycles. The second-order valence-corrected chi connectivity index (χ2v) is 5.72. The topological polar surface area (TPSA) is 58.1 Å². The Bertz CT molecular complexity index is 640. The number of hydrogen-bond donors (Lipinski definition) is 1. The third-order valence-corrected chi connectivity index (χ3v) is 3.63. The molecule has 1 heterocycles. The van der Waals surface area contributed by atoms with Gasteiger partial charge in [0.05, 0.1) is 5.56 Å². The van der Waals surface area contributed by atoms with Crippen molar-refractivity contribution in [2.45, 2.75) is 33.2 Å². The molecule has 0 aliphatic carbocycles. The van der Waals surface area contributed by atoms with Gasteiger partial charge >= 0.3 is 0 Å². The van der Waals surface area contributed by atoms with Gasteiger partial charge in [0.1, 0.15) is 0 Å². The number of rotatable bonds is 7. The van der Waals surface area contributed by atoms with E-state index in [1.807, 2.05) is 13.1 Å². The number of anilines is 1. The summed E-state index contributed by atoms with van der Waals surface area (Å²) < 4.78 is 0. The normalized spacial score (nSPS) is 10.4. The summed E-state index contributed by atoms with van der Waals surface area (Å²) in [4.78, 5) is 22.4. The lowest BCUT2D eigenvalue weighted by atomic mass is 10.1. The Balaban J connectivity index is 1.92. The molecule has 0 bridgehead atoms. The lowest BCUT2D eigenvalue weighted by Gasteiger charge is -2.16. The molecule has 2 aromatic rings. The molecule has 1 amide bonds. The summed E-state index contributed by atoms with van der Waals surface area (Å²) >= 11 is 0. The van der Waals surface area contributed by atoms with Crippen molar-refractivity contribution in [2.24, 2.45) is 0 Å². The number of carbonyl (C=O) groups excluding carboxylic acids is 1. The first kappa shape index (κ1) is 16.9. The van der Waals surface area contributed by atoms with Gasteiger partial charge in [0, 0.05) is 32.5 Å². The molecule has 5 heteroatoms. The van der Waals surface area contributed by atoms with Crippen molar-refractivity contribution in [1.29, 1.82) is 0 Å². The zero-order valence-corrected chi connectivity index (χ0v) is 14.0. The lowest BCUT2D eigenvalue weighted by Crippen LogP contribution is -2.28. The van der Waals surface area contributed by atoms with E-state index in [0.717, 1.165) is 19.4 Å². The number of carbonyl (C=O) groups is 1. The van der Waals surface area contributed by atoms with Crippen LogP contribution in [0.15, 0.2) is 36.7 Å². The molecule has 122 valence electrons. The average molecular weight is 312 g/mol. The highest BCUT2D eigenvalue weighted by atomic mass is 16.2. The number of nitrogens with zero attached hydrogens (tertiary/aromatic N) is 3. The predicted octanol–water partition coefficient (Wildman–Crippen LogP) is 3.27. The first-order valence-corrected chi connectivity index (χ1v) is 7.97. The Morgan fingerprint density at radius 1 is 1.26 bits per heavy atom. The van der Waals surface area contributed by atoms with Gasteiger partial charge in [-0.1, -0.05) is 43.2 Å². The van der Waals surface area contributed by atoms with Crippen molar-refractivity contribution in [3.05, 3.63) is 53.3 Å². The highest BCUT2D eigenvalue weighted by Crippen LogP contribution is 2.08. The van der Waals surface area contributed by atoms with Crippen LogP contribution in [0.1, 0.15) is 41.3 Å². The van der Waals surface area contributed by atoms with Crippen molar-refractivity contribution in [1.82, 2.24) is 14.9 Å². The minimum Gasteiger partial charge on any atom is -0.350 e. The first-order chi connectivity index (χ1) is 11.1. The minimum atomic E-state index is -0.0383. The van der Waals surface area contributed by atoms with Crippen LogP contribution in [-0.2, 0) is 6.54 Å². The standard InChI is InChI=1S/C18H24N4O/c1-4-5-9-22(3)17(23)16-12-20-18(21-13-16)19-11-15-8-6-7-14(2)10-15/h6-8,10,12-13H,4-5,9,11H2,1-3H3,(H,19,20,21). The molecule has 0 saturated heterocycles. The number of aryl methyl sites for hydroxylation is 1. The van der Waals surface area contributed by atoms with E-state index in [4.69, 9.17) is 0 Å². The second-order valence-electron chi connectivity index (χ2n) is 5.72. The SMILES string of the molecule is CCCCN(C)C(=O)c1cnc(NCc2cccc(C)c2)nc1. The van der Waals surface area contributed by atoms with E-state index in [-0.39, 0.29) is 5.91 Å². The molecule has 0 atom stereocenters. The maximum Gasteiger partial charge on any atom is 0.256 e. The van der Waals surface area contributed by atoms with Crippen molar-refractivity contribution in [3.63, 3.8) is 0 Å². The van der Waals surface area contributed by atoms with E-state index in [2.05, 4.69) is 47.3 Å². The fourth-order valence-electron chi connectivity index (χ4n) is 2.25. The monoisotopic (exact) mass is 312 g/mol. The van der Waals surface area contributed by atoms with Crippen LogP contribution < -0.4 is 5.32 Å².